The van der Waals surface area contributed by atoms with Crippen LogP contribution in [-0.2, 0) is 12.8 Å². The van der Waals surface area contributed by atoms with E-state index in [0.29, 0.717) is 11.3 Å². The topological polar surface area (TPSA) is 25.8 Å². The van der Waals surface area contributed by atoms with Gasteiger partial charge in [0.2, 0.25) is 0 Å². The summed E-state index contributed by atoms with van der Waals surface area (Å²) in [7, 11) is 0. The van der Waals surface area contributed by atoms with Gasteiger partial charge in [-0.15, -0.1) is 0 Å². The number of unbranched alkanes of at least 4 members (excludes halogenated alkanes) is 5. The fourth-order valence-electron chi connectivity index (χ4n) is 5.13. The van der Waals surface area contributed by atoms with Crippen LogP contribution in [0.5, 0.6) is 0 Å². The predicted octanol–water partition coefficient (Wildman–Crippen LogP) is 8.72. The molecule has 3 rings (SSSR count). The minimum Gasteiger partial charge on any atom is -0.206 e. The molecule has 0 aliphatic heterocycles. The third kappa shape index (κ3) is 7.98. The molecule has 0 atom stereocenters. The lowest BCUT2D eigenvalue weighted by Crippen LogP contribution is -2.15. The Morgan fingerprint density at radius 3 is 2.12 bits per heavy atom. The molecule has 1 heterocycles. The van der Waals surface area contributed by atoms with Crippen molar-refractivity contribution in [2.75, 3.05) is 0 Å². The molecule has 0 amide bonds. The van der Waals surface area contributed by atoms with E-state index in [0.717, 1.165) is 48.8 Å². The first-order chi connectivity index (χ1) is 15.7. The van der Waals surface area contributed by atoms with Gasteiger partial charge in [0.05, 0.1) is 11.4 Å². The van der Waals surface area contributed by atoms with Crippen LogP contribution in [0, 0.1) is 17.7 Å². The van der Waals surface area contributed by atoms with Crippen LogP contribution in [0.1, 0.15) is 109 Å². The van der Waals surface area contributed by atoms with Crippen molar-refractivity contribution in [1.82, 2.24) is 10.2 Å². The molecule has 0 bridgehead atoms. The zero-order chi connectivity index (χ0) is 22.6. The number of halogens is 1. The average Bonchev–Trinajstić information content (AvgIpc) is 2.82. The summed E-state index contributed by atoms with van der Waals surface area (Å²) in [5.41, 5.74) is 3.28. The van der Waals surface area contributed by atoms with Crippen molar-refractivity contribution < 1.29 is 4.39 Å². The van der Waals surface area contributed by atoms with Crippen molar-refractivity contribution in [1.29, 1.82) is 0 Å². The lowest BCUT2D eigenvalue weighted by Gasteiger charge is -2.28. The van der Waals surface area contributed by atoms with E-state index < -0.39 is 0 Å². The Morgan fingerprint density at radius 1 is 0.750 bits per heavy atom. The molecule has 176 valence electrons. The molecule has 2 aromatic rings. The lowest BCUT2D eigenvalue weighted by molar-refractivity contribution is 0.248. The molecule has 32 heavy (non-hydrogen) atoms. The number of hydrogen-bond donors (Lipinski definition) is 0. The minimum atomic E-state index is -0.176. The first-order valence-electron chi connectivity index (χ1n) is 13.3. The average molecular weight is 439 g/mol. The first kappa shape index (κ1) is 24.9. The van der Waals surface area contributed by atoms with Crippen molar-refractivity contribution in [3.05, 3.63) is 47.4 Å². The highest BCUT2D eigenvalue weighted by atomic mass is 19.1. The maximum absolute atomic E-state index is 14.8. The van der Waals surface area contributed by atoms with Gasteiger partial charge in [0.25, 0.3) is 0 Å². The van der Waals surface area contributed by atoms with E-state index in [1.165, 1.54) is 70.6 Å². The highest BCUT2D eigenvalue weighted by Gasteiger charge is 2.21. The van der Waals surface area contributed by atoms with Crippen LogP contribution in [0.2, 0.25) is 0 Å². The second-order valence-corrected chi connectivity index (χ2v) is 9.96. The summed E-state index contributed by atoms with van der Waals surface area (Å²) in [6, 6.07) is 9.55. The lowest BCUT2D eigenvalue weighted by atomic mass is 9.77. The van der Waals surface area contributed by atoms with Crippen molar-refractivity contribution in [2.24, 2.45) is 11.8 Å². The van der Waals surface area contributed by atoms with Crippen LogP contribution in [0.3, 0.4) is 0 Å². The molecule has 3 heteroatoms. The Hall–Kier alpha value is -1.77. The Kier molecular flexibility index (Phi) is 10.6. The smallest absolute Gasteiger partial charge is 0.132 e. The number of nitrogens with zero attached hydrogens (tertiary/aromatic N) is 2. The largest absolute Gasteiger partial charge is 0.206 e. The van der Waals surface area contributed by atoms with Gasteiger partial charge in [-0.3, -0.25) is 0 Å². The van der Waals surface area contributed by atoms with E-state index >= 15 is 0 Å². The molecule has 1 aliphatic rings. The van der Waals surface area contributed by atoms with Crippen LogP contribution < -0.4 is 0 Å². The van der Waals surface area contributed by atoms with Gasteiger partial charge in [-0.25, -0.2) is 4.39 Å². The molecule has 0 saturated heterocycles. The summed E-state index contributed by atoms with van der Waals surface area (Å²) < 4.78 is 14.8. The van der Waals surface area contributed by atoms with Gasteiger partial charge < -0.3 is 0 Å². The second kappa shape index (κ2) is 13.7. The number of benzene rings is 1. The van der Waals surface area contributed by atoms with Gasteiger partial charge in [0, 0.05) is 5.56 Å². The van der Waals surface area contributed by atoms with Gasteiger partial charge in [-0.1, -0.05) is 90.5 Å². The zero-order valence-corrected chi connectivity index (χ0v) is 20.4. The highest BCUT2D eigenvalue weighted by molar-refractivity contribution is 5.59. The first-order valence-corrected chi connectivity index (χ1v) is 13.3. The highest BCUT2D eigenvalue weighted by Crippen LogP contribution is 2.34. The summed E-state index contributed by atoms with van der Waals surface area (Å²) in [6.45, 7) is 4.45. The molecule has 1 aromatic heterocycles. The summed E-state index contributed by atoms with van der Waals surface area (Å²) in [4.78, 5) is 0. The van der Waals surface area contributed by atoms with E-state index in [9.17, 15) is 4.39 Å². The molecular formula is C29H43FN2. The molecule has 1 aromatic carbocycles. The van der Waals surface area contributed by atoms with Crippen molar-refractivity contribution >= 4 is 0 Å². The van der Waals surface area contributed by atoms with Gasteiger partial charge in [-0.2, -0.15) is 10.2 Å². The number of hydrogen-bond acceptors (Lipinski definition) is 2. The predicted molar refractivity (Wildman–Crippen MR) is 133 cm³/mol. The molecule has 0 unspecified atom stereocenters. The number of aryl methyl sites for hydroxylation is 2. The van der Waals surface area contributed by atoms with Crippen LogP contribution in [0.4, 0.5) is 4.39 Å². The van der Waals surface area contributed by atoms with Crippen molar-refractivity contribution in [3.63, 3.8) is 0 Å². The fraction of sp³-hybridized carbons (Fsp3) is 0.655. The molecular weight excluding hydrogens is 395 g/mol. The van der Waals surface area contributed by atoms with E-state index in [2.05, 4.69) is 30.1 Å². The van der Waals surface area contributed by atoms with E-state index in [1.54, 1.807) is 6.07 Å². The minimum absolute atomic E-state index is 0.176. The molecule has 0 spiro atoms. The van der Waals surface area contributed by atoms with Crippen LogP contribution in [-0.4, -0.2) is 10.2 Å². The van der Waals surface area contributed by atoms with Crippen LogP contribution in [0.15, 0.2) is 30.3 Å². The van der Waals surface area contributed by atoms with Gasteiger partial charge in [0.15, 0.2) is 0 Å². The SMILES string of the molecule is CCCCCCCC1CCC(CCc2ccc(-c3ccc(CCCC)nn3)c(F)c2)CC1. The van der Waals surface area contributed by atoms with E-state index in [1.807, 2.05) is 18.2 Å². The molecule has 0 radical (unpaired) electrons. The number of aromatic nitrogens is 2. The molecule has 1 fully saturated rings. The number of rotatable bonds is 13. The fourth-order valence-corrected chi connectivity index (χ4v) is 5.13. The monoisotopic (exact) mass is 438 g/mol. The van der Waals surface area contributed by atoms with E-state index in [-0.39, 0.29) is 5.82 Å². The third-order valence-corrected chi connectivity index (χ3v) is 7.34. The molecule has 0 N–H and O–H groups in total. The van der Waals surface area contributed by atoms with Crippen molar-refractivity contribution in [3.8, 4) is 11.3 Å². The molecule has 1 saturated carbocycles. The summed E-state index contributed by atoms with van der Waals surface area (Å²) in [5.74, 6) is 1.60. The van der Waals surface area contributed by atoms with Crippen molar-refractivity contribution in [2.45, 2.75) is 110 Å². The summed E-state index contributed by atoms with van der Waals surface area (Å²) in [5, 5.41) is 8.54. The van der Waals surface area contributed by atoms with Gasteiger partial charge >= 0.3 is 0 Å². The molecule has 1 aliphatic carbocycles. The Balaban J connectivity index is 1.41. The Bertz CT molecular complexity index is 778. The van der Waals surface area contributed by atoms with Crippen LogP contribution >= 0.6 is 0 Å². The Morgan fingerprint density at radius 2 is 1.47 bits per heavy atom. The molecule has 2 nitrogen and oxygen atoms in total. The van der Waals surface area contributed by atoms with Gasteiger partial charge in [-0.05, 0) is 67.3 Å². The quantitative estimate of drug-likeness (QED) is 0.292. The zero-order valence-electron chi connectivity index (χ0n) is 20.4. The van der Waals surface area contributed by atoms with Gasteiger partial charge in [0.1, 0.15) is 5.82 Å². The third-order valence-electron chi connectivity index (χ3n) is 7.34. The summed E-state index contributed by atoms with van der Waals surface area (Å²) in [6.07, 6.45) is 19.3. The normalized spacial score (nSPS) is 18.7. The maximum atomic E-state index is 14.8. The maximum Gasteiger partial charge on any atom is 0.132 e. The van der Waals surface area contributed by atoms with E-state index in [4.69, 9.17) is 0 Å². The second-order valence-electron chi connectivity index (χ2n) is 9.96. The van der Waals surface area contributed by atoms with Crippen LogP contribution in [0.25, 0.3) is 11.3 Å². The standard InChI is InChI=1S/C29H43FN2/c1-3-5-7-8-9-10-23-12-14-24(15-13-23)16-17-25-18-20-27(28(30)22-25)29-21-19-26(31-32-29)11-6-4-2/h18-24H,3-17H2,1-2H3. The Labute approximate surface area is 195 Å². The summed E-state index contributed by atoms with van der Waals surface area (Å²) >= 11 is 0.